The van der Waals surface area contributed by atoms with Crippen molar-refractivity contribution < 1.29 is 70.4 Å². The fourth-order valence-corrected chi connectivity index (χ4v) is 0. The molecule has 4 heavy (non-hydrogen) atoms. The van der Waals surface area contributed by atoms with Gasteiger partial charge < -0.3 is 1.43 Å². The van der Waals surface area contributed by atoms with Gasteiger partial charge in [-0.1, -0.05) is 0 Å². The van der Waals surface area contributed by atoms with E-state index in [1.165, 1.54) is 0 Å². The van der Waals surface area contributed by atoms with Gasteiger partial charge in [-0.25, -0.2) is 0 Å². The molecule has 4 heteroatoms. The van der Waals surface area contributed by atoms with Crippen LogP contribution in [0.25, 0.3) is 0 Å². The van der Waals surface area contributed by atoms with E-state index >= 15 is 0 Å². The maximum absolute atomic E-state index is 0. The van der Waals surface area contributed by atoms with Gasteiger partial charge in [0, 0.05) is 39.4 Å². The fraction of sp³-hybridized carbons (Fsp3) is 0. The zero-order valence-electron chi connectivity index (χ0n) is 3.31. The van der Waals surface area contributed by atoms with Crippen molar-refractivity contribution in [3.63, 3.8) is 0 Å². The second kappa shape index (κ2) is 16.4. The van der Waals surface area contributed by atoms with Gasteiger partial charge in [0.2, 0.25) is 0 Å². The summed E-state index contributed by atoms with van der Waals surface area (Å²) in [5.41, 5.74) is 0. The van der Waals surface area contributed by atoms with Crippen molar-refractivity contribution in [3.8, 4) is 0 Å². The minimum atomic E-state index is 0. The van der Waals surface area contributed by atoms with Crippen LogP contribution in [0, 0.1) is 0 Å². The summed E-state index contributed by atoms with van der Waals surface area (Å²) in [7, 11) is 0. The Bertz CT molecular complexity index is 11.6. The summed E-state index contributed by atoms with van der Waals surface area (Å²) in [6, 6.07) is 0. The molecule has 0 amide bonds. The molecule has 0 aliphatic carbocycles. The van der Waals surface area contributed by atoms with Crippen LogP contribution in [0.5, 0.6) is 0 Å². The van der Waals surface area contributed by atoms with Gasteiger partial charge in [0.1, 0.15) is 0 Å². The SMILES string of the molecule is [Ag].[Cu].[H-].[Na+].[PbH2]. The van der Waals surface area contributed by atoms with Gasteiger partial charge in [0.15, 0.2) is 0 Å². The molecule has 0 aromatic heterocycles. The van der Waals surface area contributed by atoms with Gasteiger partial charge >= 0.3 is 56.9 Å². The van der Waals surface area contributed by atoms with Crippen LogP contribution in [-0.2, 0) is 39.4 Å². The number of hydrogen-bond donors (Lipinski definition) is 0. The first-order valence-electron chi connectivity index (χ1n) is 0. The van der Waals surface area contributed by atoms with Gasteiger partial charge in [-0.05, 0) is 0 Å². The predicted octanol–water partition coefficient (Wildman–Crippen LogP) is -3.80. The molecule has 0 aromatic rings. The number of hydrogen-bond acceptors (Lipinski definition) is 0. The van der Waals surface area contributed by atoms with E-state index in [0.29, 0.717) is 0 Å². The van der Waals surface area contributed by atoms with Crippen molar-refractivity contribution in [2.75, 3.05) is 0 Å². The van der Waals surface area contributed by atoms with Gasteiger partial charge in [-0.15, -0.1) is 0 Å². The van der Waals surface area contributed by atoms with Crippen molar-refractivity contribution in [2.45, 2.75) is 0 Å². The van der Waals surface area contributed by atoms with Crippen LogP contribution in [0.1, 0.15) is 1.43 Å². The van der Waals surface area contributed by atoms with E-state index in [1.807, 2.05) is 0 Å². The van der Waals surface area contributed by atoms with Crippen molar-refractivity contribution in [1.29, 1.82) is 0 Å². The summed E-state index contributed by atoms with van der Waals surface area (Å²) in [5.74, 6) is 0. The first-order valence-corrected chi connectivity index (χ1v) is 0. The molecule has 0 saturated carbocycles. The monoisotopic (exact) mass is 404 g/mol. The van der Waals surface area contributed by atoms with Gasteiger partial charge in [0.05, 0.1) is 0 Å². The summed E-state index contributed by atoms with van der Waals surface area (Å²) >= 11 is 0. The molecule has 0 heterocycles. The molecular formula is H3AgCuNaPb. The Morgan fingerprint density at radius 3 is 1.25 bits per heavy atom. The molecule has 30 valence electrons. The third-order valence-electron chi connectivity index (χ3n) is 0. The third-order valence-corrected chi connectivity index (χ3v) is 0. The van der Waals surface area contributed by atoms with Gasteiger partial charge in [-0.3, -0.25) is 0 Å². The molecule has 0 fully saturated rings. The van der Waals surface area contributed by atoms with Crippen molar-refractivity contribution in [2.24, 2.45) is 0 Å². The normalized spacial score (nSPS) is 0. The Morgan fingerprint density at radius 2 is 1.25 bits per heavy atom. The summed E-state index contributed by atoms with van der Waals surface area (Å²) in [6.07, 6.45) is 0. The van der Waals surface area contributed by atoms with Crippen LogP contribution < -0.4 is 29.6 Å². The molecule has 0 unspecified atom stereocenters. The summed E-state index contributed by atoms with van der Waals surface area (Å²) < 4.78 is 0. The Morgan fingerprint density at radius 1 is 1.25 bits per heavy atom. The van der Waals surface area contributed by atoms with Crippen molar-refractivity contribution >= 4 is 27.3 Å². The molecule has 0 N–H and O–H groups in total. The first-order chi connectivity index (χ1) is 0. The van der Waals surface area contributed by atoms with Crippen LogP contribution in [-0.4, -0.2) is 27.3 Å². The second-order valence-electron chi connectivity index (χ2n) is 0. The van der Waals surface area contributed by atoms with E-state index in [2.05, 4.69) is 0 Å². The molecule has 0 aromatic carbocycles. The van der Waals surface area contributed by atoms with Crippen molar-refractivity contribution in [3.05, 3.63) is 0 Å². The van der Waals surface area contributed by atoms with Crippen LogP contribution in [0.2, 0.25) is 0 Å². The Balaban J connectivity index is 0. The van der Waals surface area contributed by atoms with E-state index in [1.54, 1.807) is 0 Å². The fourth-order valence-electron chi connectivity index (χ4n) is 0. The zero-order chi connectivity index (χ0) is 0. The predicted molar refractivity (Wildman–Crippen MR) is 9.66 cm³/mol. The molecule has 0 spiro atoms. The van der Waals surface area contributed by atoms with Crippen LogP contribution >= 0.6 is 0 Å². The summed E-state index contributed by atoms with van der Waals surface area (Å²) in [6.45, 7) is 0. The maximum atomic E-state index is 0. The first kappa shape index (κ1) is 27.1. The van der Waals surface area contributed by atoms with Crippen LogP contribution in [0.4, 0.5) is 0 Å². The molecule has 0 atom stereocenters. The van der Waals surface area contributed by atoms with Gasteiger partial charge in [-0.2, -0.15) is 0 Å². The third kappa shape index (κ3) is 8.95. The topological polar surface area (TPSA) is 0 Å². The van der Waals surface area contributed by atoms with E-state index in [9.17, 15) is 0 Å². The number of rotatable bonds is 0. The average Bonchev–Trinajstić information content (AvgIpc) is 0. The van der Waals surface area contributed by atoms with E-state index < -0.39 is 0 Å². The molecular weight excluding hydrogens is 402 g/mol. The molecule has 0 nitrogen and oxygen atoms in total. The average molecular weight is 405 g/mol. The Hall–Kier alpha value is 3.18. The Labute approximate surface area is 95.8 Å². The summed E-state index contributed by atoms with van der Waals surface area (Å²) in [5, 5.41) is 0. The standard InChI is InChI=1S/Ag.Cu.Na.Pb.3H/q;;+1;;;;-1. The zero-order valence-corrected chi connectivity index (χ0v) is 12.2. The molecule has 0 aliphatic rings. The summed E-state index contributed by atoms with van der Waals surface area (Å²) in [4.78, 5) is 0. The van der Waals surface area contributed by atoms with Crippen LogP contribution in [0.3, 0.4) is 0 Å². The molecule has 4 radical (unpaired) electrons. The second-order valence-corrected chi connectivity index (χ2v) is 0. The van der Waals surface area contributed by atoms with Crippen molar-refractivity contribution in [1.82, 2.24) is 0 Å². The minimum absolute atomic E-state index is 0. The van der Waals surface area contributed by atoms with Gasteiger partial charge in [0.25, 0.3) is 0 Å². The quantitative estimate of drug-likeness (QED) is 0.363. The van der Waals surface area contributed by atoms with E-state index in [4.69, 9.17) is 0 Å². The molecule has 0 aliphatic heterocycles. The Kier molecular flexibility index (Phi) is 111. The van der Waals surface area contributed by atoms with E-state index in [-0.39, 0.29) is 97.7 Å². The molecule has 0 rings (SSSR count). The van der Waals surface area contributed by atoms with E-state index in [0.717, 1.165) is 0 Å². The molecule has 0 saturated heterocycles. The van der Waals surface area contributed by atoms with Crippen LogP contribution in [0.15, 0.2) is 0 Å². The molecule has 0 bridgehead atoms.